The highest BCUT2D eigenvalue weighted by Crippen LogP contribution is 2.37. The first-order valence-electron chi connectivity index (χ1n) is 5.70. The van der Waals surface area contributed by atoms with Crippen LogP contribution in [0.15, 0.2) is 24.3 Å². The number of benzene rings is 1. The minimum Gasteiger partial charge on any atom is -0.321 e. The number of hydrogen-bond donors (Lipinski definition) is 1. The van der Waals surface area contributed by atoms with Gasteiger partial charge in [0.05, 0.1) is 0 Å². The van der Waals surface area contributed by atoms with Gasteiger partial charge >= 0.3 is 0 Å². The molecule has 3 heteroatoms. The first kappa shape index (κ1) is 11.5. The van der Waals surface area contributed by atoms with Gasteiger partial charge in [-0.3, -0.25) is 0 Å². The van der Waals surface area contributed by atoms with Crippen molar-refractivity contribution in [2.75, 3.05) is 0 Å². The Kier molecular flexibility index (Phi) is 2.74. The predicted octanol–water partition coefficient (Wildman–Crippen LogP) is 3.53. The zero-order valence-electron chi connectivity index (χ0n) is 9.47. The van der Waals surface area contributed by atoms with E-state index in [4.69, 9.17) is 5.73 Å². The summed E-state index contributed by atoms with van der Waals surface area (Å²) in [7, 11) is 0. The number of hydrogen-bond acceptors (Lipinski definition) is 1. The van der Waals surface area contributed by atoms with E-state index in [2.05, 4.69) is 0 Å². The third-order valence-electron chi connectivity index (χ3n) is 3.46. The molecular formula is C13H17F2N. The quantitative estimate of drug-likeness (QED) is 0.818. The van der Waals surface area contributed by atoms with Gasteiger partial charge in [-0.15, -0.1) is 0 Å². The van der Waals surface area contributed by atoms with Crippen molar-refractivity contribution >= 4 is 0 Å². The minimum absolute atomic E-state index is 0.0536. The highest BCUT2D eigenvalue weighted by atomic mass is 19.3. The van der Waals surface area contributed by atoms with Crippen LogP contribution in [-0.2, 0) is 11.5 Å². The molecule has 1 nitrogen and oxygen atoms in total. The van der Waals surface area contributed by atoms with Crippen molar-refractivity contribution in [2.24, 2.45) is 5.73 Å². The van der Waals surface area contributed by atoms with E-state index < -0.39 is 5.92 Å². The molecule has 16 heavy (non-hydrogen) atoms. The summed E-state index contributed by atoms with van der Waals surface area (Å²) in [6, 6.07) is 6.47. The summed E-state index contributed by atoms with van der Waals surface area (Å²) in [6.45, 7) is 0.912. The number of halogens is 2. The highest BCUT2D eigenvalue weighted by molar-refractivity contribution is 5.30. The van der Waals surface area contributed by atoms with Gasteiger partial charge < -0.3 is 5.73 Å². The van der Waals surface area contributed by atoms with Crippen LogP contribution in [0.4, 0.5) is 8.78 Å². The van der Waals surface area contributed by atoms with E-state index >= 15 is 0 Å². The molecule has 0 atom stereocenters. The van der Waals surface area contributed by atoms with Gasteiger partial charge in [0, 0.05) is 18.0 Å². The topological polar surface area (TPSA) is 26.0 Å². The van der Waals surface area contributed by atoms with Crippen LogP contribution >= 0.6 is 0 Å². The van der Waals surface area contributed by atoms with Crippen molar-refractivity contribution in [2.45, 2.75) is 44.1 Å². The first-order valence-corrected chi connectivity index (χ1v) is 5.70. The molecule has 0 saturated heterocycles. The number of rotatable bonds is 2. The normalized spacial score (nSPS) is 20.0. The summed E-state index contributed by atoms with van der Waals surface area (Å²) in [5, 5.41) is 0. The second-order valence-electron chi connectivity index (χ2n) is 4.83. The van der Waals surface area contributed by atoms with Gasteiger partial charge in [0.1, 0.15) is 0 Å². The molecule has 88 valence electrons. The summed E-state index contributed by atoms with van der Waals surface area (Å²) in [5.74, 6) is -2.77. The van der Waals surface area contributed by atoms with Gasteiger partial charge in [-0.1, -0.05) is 37.1 Å². The predicted molar refractivity (Wildman–Crippen MR) is 60.3 cm³/mol. The summed E-state index contributed by atoms with van der Waals surface area (Å²) < 4.78 is 26.1. The summed E-state index contributed by atoms with van der Waals surface area (Å²) >= 11 is 0. The minimum atomic E-state index is -2.77. The Morgan fingerprint density at radius 1 is 1.12 bits per heavy atom. The molecule has 0 spiro atoms. The molecule has 2 rings (SSSR count). The van der Waals surface area contributed by atoms with E-state index in [1.165, 1.54) is 12.1 Å². The fourth-order valence-corrected chi connectivity index (χ4v) is 2.39. The lowest BCUT2D eigenvalue weighted by molar-refractivity contribution is 0.0174. The molecule has 1 aromatic carbocycles. The van der Waals surface area contributed by atoms with Gasteiger partial charge in [0.15, 0.2) is 0 Å². The van der Waals surface area contributed by atoms with Crippen LogP contribution in [0.5, 0.6) is 0 Å². The molecule has 0 heterocycles. The Morgan fingerprint density at radius 3 is 2.06 bits per heavy atom. The van der Waals surface area contributed by atoms with Crippen molar-refractivity contribution in [1.82, 2.24) is 0 Å². The third-order valence-corrected chi connectivity index (χ3v) is 3.46. The molecule has 0 aliphatic heterocycles. The SMILES string of the molecule is CC(F)(F)c1ccc(C2(N)CCCC2)cc1. The lowest BCUT2D eigenvalue weighted by Gasteiger charge is -2.24. The Balaban J connectivity index is 2.26. The summed E-state index contributed by atoms with van der Waals surface area (Å²) in [4.78, 5) is 0. The molecule has 0 radical (unpaired) electrons. The van der Waals surface area contributed by atoms with Crippen LogP contribution in [-0.4, -0.2) is 0 Å². The van der Waals surface area contributed by atoms with Crippen LogP contribution in [0.1, 0.15) is 43.7 Å². The fourth-order valence-electron chi connectivity index (χ4n) is 2.39. The molecule has 0 bridgehead atoms. The van der Waals surface area contributed by atoms with E-state index in [9.17, 15) is 8.78 Å². The Bertz CT molecular complexity index is 359. The zero-order valence-corrected chi connectivity index (χ0v) is 9.47. The van der Waals surface area contributed by atoms with Crippen molar-refractivity contribution < 1.29 is 8.78 Å². The maximum atomic E-state index is 13.0. The number of nitrogens with two attached hydrogens (primary N) is 1. The van der Waals surface area contributed by atoms with E-state index in [0.29, 0.717) is 0 Å². The van der Waals surface area contributed by atoms with Gasteiger partial charge in [-0.2, -0.15) is 0 Å². The lowest BCUT2D eigenvalue weighted by atomic mass is 9.88. The van der Waals surface area contributed by atoms with E-state index in [0.717, 1.165) is 38.2 Å². The van der Waals surface area contributed by atoms with Crippen molar-refractivity contribution in [3.8, 4) is 0 Å². The first-order chi connectivity index (χ1) is 7.42. The Labute approximate surface area is 94.7 Å². The van der Waals surface area contributed by atoms with Gasteiger partial charge in [0.2, 0.25) is 0 Å². The molecule has 0 amide bonds. The van der Waals surface area contributed by atoms with Gasteiger partial charge in [0.25, 0.3) is 5.92 Å². The zero-order chi connectivity index (χ0) is 11.8. The molecule has 1 fully saturated rings. The molecule has 0 aromatic heterocycles. The average Bonchev–Trinajstić information content (AvgIpc) is 2.66. The van der Waals surface area contributed by atoms with E-state index in [1.54, 1.807) is 12.1 Å². The molecule has 0 unspecified atom stereocenters. The van der Waals surface area contributed by atoms with Crippen LogP contribution in [0.2, 0.25) is 0 Å². The monoisotopic (exact) mass is 225 g/mol. The van der Waals surface area contributed by atoms with Crippen LogP contribution in [0.3, 0.4) is 0 Å². The molecule has 1 aromatic rings. The van der Waals surface area contributed by atoms with E-state index in [1.807, 2.05) is 0 Å². The molecule has 1 aliphatic carbocycles. The van der Waals surface area contributed by atoms with Crippen LogP contribution in [0, 0.1) is 0 Å². The van der Waals surface area contributed by atoms with Gasteiger partial charge in [-0.25, -0.2) is 8.78 Å². The second kappa shape index (κ2) is 3.81. The Morgan fingerprint density at radius 2 is 1.62 bits per heavy atom. The molecule has 2 N–H and O–H groups in total. The maximum absolute atomic E-state index is 13.0. The van der Waals surface area contributed by atoms with Gasteiger partial charge in [-0.05, 0) is 18.4 Å². The number of alkyl halides is 2. The highest BCUT2D eigenvalue weighted by Gasteiger charge is 2.32. The van der Waals surface area contributed by atoms with Crippen LogP contribution < -0.4 is 5.73 Å². The average molecular weight is 225 g/mol. The fraction of sp³-hybridized carbons (Fsp3) is 0.538. The maximum Gasteiger partial charge on any atom is 0.270 e. The second-order valence-corrected chi connectivity index (χ2v) is 4.83. The molecule has 1 aliphatic rings. The smallest absolute Gasteiger partial charge is 0.270 e. The van der Waals surface area contributed by atoms with Crippen molar-refractivity contribution in [3.05, 3.63) is 35.4 Å². The van der Waals surface area contributed by atoms with E-state index in [-0.39, 0.29) is 11.1 Å². The van der Waals surface area contributed by atoms with Crippen molar-refractivity contribution in [3.63, 3.8) is 0 Å². The van der Waals surface area contributed by atoms with Crippen LogP contribution in [0.25, 0.3) is 0 Å². The summed E-state index contributed by atoms with van der Waals surface area (Å²) in [6.07, 6.45) is 4.16. The lowest BCUT2D eigenvalue weighted by Crippen LogP contribution is -2.33. The Hall–Kier alpha value is -0.960. The third kappa shape index (κ3) is 2.09. The molecule has 1 saturated carbocycles. The molecular weight excluding hydrogens is 208 g/mol. The standard InChI is InChI=1S/C13H17F2N/c1-12(14,15)10-4-6-11(7-5-10)13(16)8-2-3-9-13/h4-7H,2-3,8-9,16H2,1H3. The largest absolute Gasteiger partial charge is 0.321 e. The van der Waals surface area contributed by atoms with Crippen molar-refractivity contribution in [1.29, 1.82) is 0 Å². The summed E-state index contributed by atoms with van der Waals surface area (Å²) in [5.41, 5.74) is 7.00.